The number of ether oxygens (including phenoxy) is 3. The van der Waals surface area contributed by atoms with Crippen LogP contribution in [-0.2, 0) is 20.4 Å². The number of carbonyl (C=O) groups is 1. The smallest absolute Gasteiger partial charge is 0.358 e. The van der Waals surface area contributed by atoms with Crippen LogP contribution in [0.15, 0.2) is 497 Å². The maximum Gasteiger partial charge on any atom is 0.358 e. The first-order valence-corrected chi connectivity index (χ1v) is 67.6. The zero-order valence-electron chi connectivity index (χ0n) is 84.8. The van der Waals surface area contributed by atoms with Crippen LogP contribution in [-0.4, -0.2) is 25.3 Å². The number of fused-ring (bicyclic) bond motifs is 1. The number of esters is 1. The van der Waals surface area contributed by atoms with Crippen LogP contribution in [0.25, 0.3) is 10.8 Å². The minimum atomic E-state index is -0.487. The molecule has 0 aliphatic carbocycles. The van der Waals surface area contributed by atoms with Crippen molar-refractivity contribution in [2.45, 2.75) is 106 Å². The largest absolute Gasteiger partial charge is 0.497 e. The molecule has 0 radical (unpaired) electrons. The SMILES string of the molecule is CC(C)(C)c1ccc([I+]c2ccc(C(C)(C)C)cc2)cc1.COc1ccc([I+]c2ccccc2)cc1.Cc1cc([I+]c2ccccc2)ccc1OCC(=O)OC(C)(C)C.Cc1ccc([I+]c2ccc(C)cc2)cc1.Cc1ccc([I+]c2ccccc2)cc1.Clc1ccc([I+]c2ccccc2)cc1.Fc1ccc([I+]c2ccccc2)cc1.c1ccc([I+]c2cccc3ccccc23)cc1.c1ccc([I+]c2ccccc2)cc1. The van der Waals surface area contributed by atoms with E-state index in [9.17, 15) is 9.18 Å². The first kappa shape index (κ1) is 118. The van der Waals surface area contributed by atoms with Crippen molar-refractivity contribution in [1.29, 1.82) is 0 Å². The molecule has 0 heterocycles. The molecule has 19 aromatic carbocycles. The number of hydrogen-bond acceptors (Lipinski definition) is 4. The summed E-state index contributed by atoms with van der Waals surface area (Å²) in [6.45, 7) is 27.5. The molecule has 742 valence electrons. The zero-order valence-corrected chi connectivity index (χ0v) is 105. The van der Waals surface area contributed by atoms with Crippen LogP contribution in [0.4, 0.5) is 4.39 Å². The average molecular weight is 2960 g/mol. The molecule has 0 saturated carbocycles. The second-order valence-corrected chi connectivity index (χ2v) is 63.5. The molecule has 0 saturated heterocycles. The van der Waals surface area contributed by atoms with Crippen molar-refractivity contribution < 1.29 is 214 Å². The van der Waals surface area contributed by atoms with Crippen LogP contribution in [0.1, 0.15) is 95.7 Å². The highest BCUT2D eigenvalue weighted by molar-refractivity contribution is 6.30. The highest BCUT2D eigenvalue weighted by atomic mass is 127. The van der Waals surface area contributed by atoms with Gasteiger partial charge in [0.05, 0.1) is 7.11 Å². The molecule has 4 nitrogen and oxygen atoms in total. The summed E-state index contributed by atoms with van der Waals surface area (Å²) >= 11 is 5.30. The Morgan fingerprint density at radius 3 is 0.808 bits per heavy atom. The van der Waals surface area contributed by atoms with E-state index in [4.69, 9.17) is 25.8 Å². The summed E-state index contributed by atoms with van der Waals surface area (Å²) in [5, 5.41) is 3.57. The summed E-state index contributed by atoms with van der Waals surface area (Å²) in [5.74, 6) is 1.15. The van der Waals surface area contributed by atoms with Crippen molar-refractivity contribution in [3.8, 4) is 11.5 Å². The highest BCUT2D eigenvalue weighted by Gasteiger charge is 2.26. The van der Waals surface area contributed by atoms with Crippen LogP contribution in [0.3, 0.4) is 0 Å². The second kappa shape index (κ2) is 64.1. The number of aryl methyl sites for hydroxylation is 4. The molecule has 0 aliphatic heterocycles. The van der Waals surface area contributed by atoms with Crippen LogP contribution >= 0.6 is 11.6 Å². The molecule has 0 amide bonds. The van der Waals surface area contributed by atoms with Gasteiger partial charge in [-0.3, -0.25) is 0 Å². The summed E-state index contributed by atoms with van der Waals surface area (Å²) in [6, 6.07) is 175. The molecule has 0 aliphatic rings. The Morgan fingerprint density at radius 1 is 0.267 bits per heavy atom. The molecule has 19 rings (SSSR count). The fourth-order valence-electron chi connectivity index (χ4n) is 13.0. The summed E-state index contributed by atoms with van der Waals surface area (Å²) < 4.78 is 54.5. The van der Waals surface area contributed by atoms with Gasteiger partial charge >= 0.3 is 197 Å². The molecule has 0 spiro atoms. The Bertz CT molecular complexity index is 6580. The van der Waals surface area contributed by atoms with Gasteiger partial charge in [-0.15, -0.1) is 0 Å². The van der Waals surface area contributed by atoms with E-state index in [1.807, 2.05) is 94.4 Å². The molecule has 15 heteroatoms. The average Bonchev–Trinajstić information content (AvgIpc) is 0.836. The third-order valence-corrected chi connectivity index (χ3v) is 45.1. The van der Waals surface area contributed by atoms with Crippen molar-refractivity contribution in [2.75, 3.05) is 13.7 Å². The fourth-order valence-corrected chi connectivity index (χ4v) is 33.6. The molecule has 19 aromatic rings. The van der Waals surface area contributed by atoms with E-state index in [1.54, 1.807) is 7.11 Å². The standard InChI is InChI=1S/C20H26I.C19H22IO3.C16H12I.C14H14I.C13H12IO.C13H12I.C12H9ClI.C12H9FI.C12H10I/c1-19(2,3)15-7-11-17(12-8-15)21-18-13-9-16(10-14-18)20(4,5)6;1-14-12-16(20-15-8-6-5-7-9-15)10-11-17(14)22-13-18(21)23-19(2,3)4;1-2-9-14(10-3-1)17-16-12-6-8-13-7-4-5-11-15(13)16;1-11-3-7-13(8-4-11)15-14-9-5-12(2)6-10-14;1-15-13-9-7-12(8-10-13)14-11-5-3-2-4-6-11;1-11-7-9-13(10-8-11)14-12-5-3-2-4-6-12;2*13-10-6-8-12(9-7-10)14-11-4-2-1-3-5-11;1-3-7-11(8-4-1)13-12-9-5-2-6-10-12/h7-14H,1-6H3;5-12H,13H2,1-4H3;1-12H;3-10H,1-2H3;2-10H,1H3;2-10H,1H3;2*1-9H;1-10H/q9*+1. The van der Waals surface area contributed by atoms with Gasteiger partial charge in [0, 0.05) is 10.4 Å². The molecule has 0 atom stereocenters. The minimum Gasteiger partial charge on any atom is -0.497 e. The van der Waals surface area contributed by atoms with Gasteiger partial charge in [-0.2, -0.15) is 0 Å². The predicted octanol–water partition coefficient (Wildman–Crippen LogP) is 4.84. The van der Waals surface area contributed by atoms with Crippen LogP contribution in [0, 0.1) is 97.8 Å². The van der Waals surface area contributed by atoms with Crippen LogP contribution in [0.5, 0.6) is 11.5 Å². The lowest BCUT2D eigenvalue weighted by molar-refractivity contribution is -0.597. The maximum absolute atomic E-state index is 12.6. The normalized spacial score (nSPS) is 10.6. The quantitative estimate of drug-likeness (QED) is 0.0722. The lowest BCUT2D eigenvalue weighted by atomic mass is 9.87. The van der Waals surface area contributed by atoms with Crippen LogP contribution < -0.4 is 200 Å². The Morgan fingerprint density at radius 2 is 0.514 bits per heavy atom. The van der Waals surface area contributed by atoms with E-state index >= 15 is 0 Å². The van der Waals surface area contributed by atoms with E-state index in [-0.39, 0.29) is 220 Å². The van der Waals surface area contributed by atoms with E-state index in [2.05, 4.69) is 481 Å². The lowest BCUT2D eigenvalue weighted by Gasteiger charge is -2.19. The first-order valence-electron chi connectivity index (χ1n) is 47.8. The van der Waals surface area contributed by atoms with Gasteiger partial charge in [0.25, 0.3) is 0 Å². The number of methoxy groups -OCH3 is 1. The summed E-state index contributed by atoms with van der Waals surface area (Å²) in [4.78, 5) is 11.7. The molecule has 0 aromatic heterocycles. The number of carbonyl (C=O) groups excluding carboxylic acids is 1. The van der Waals surface area contributed by atoms with Crippen molar-refractivity contribution in [1.82, 2.24) is 0 Å². The van der Waals surface area contributed by atoms with Crippen molar-refractivity contribution in [3.05, 3.63) is 606 Å². The summed E-state index contributed by atoms with van der Waals surface area (Å²) in [6.07, 6.45) is 0. The van der Waals surface area contributed by atoms with Gasteiger partial charge in [0.1, 0.15) is 22.9 Å². The van der Waals surface area contributed by atoms with Gasteiger partial charge in [-0.05, 0) is 342 Å². The van der Waals surface area contributed by atoms with E-state index in [0.29, 0.717) is 0 Å². The number of halogens is 11. The van der Waals surface area contributed by atoms with Gasteiger partial charge < -0.3 is 14.2 Å². The van der Waals surface area contributed by atoms with Crippen LogP contribution in [0.2, 0.25) is 5.02 Å². The second-order valence-electron chi connectivity index (χ2n) is 35.9. The number of hydrogen-bond donors (Lipinski definition) is 0. The van der Waals surface area contributed by atoms with E-state index in [0.717, 1.165) is 22.1 Å². The minimum absolute atomic E-state index is 0.00313. The van der Waals surface area contributed by atoms with E-state index < -0.39 is 5.60 Å². The van der Waals surface area contributed by atoms with Crippen molar-refractivity contribution >= 4 is 28.3 Å². The molecule has 146 heavy (non-hydrogen) atoms. The Labute approximate surface area is 967 Å². The van der Waals surface area contributed by atoms with Crippen molar-refractivity contribution in [2.24, 2.45) is 0 Å². The van der Waals surface area contributed by atoms with Gasteiger partial charge in [-0.25, -0.2) is 9.18 Å². The predicted molar refractivity (Wildman–Crippen MR) is 569 cm³/mol. The van der Waals surface area contributed by atoms with Gasteiger partial charge in [-0.1, -0.05) is 306 Å². The molecule has 0 fully saturated rings. The van der Waals surface area contributed by atoms with Gasteiger partial charge in [0.15, 0.2) is 67.3 Å². The zero-order chi connectivity index (χ0) is 104. The topological polar surface area (TPSA) is 44.8 Å². The first-order chi connectivity index (χ1) is 70.5. The van der Waals surface area contributed by atoms with E-state index in [1.165, 1.54) is 115 Å². The maximum atomic E-state index is 12.6. The van der Waals surface area contributed by atoms with Gasteiger partial charge in [0.2, 0.25) is 3.57 Å². The molecular weight excluding hydrogens is 2830 g/mol. The summed E-state index contributed by atoms with van der Waals surface area (Å²) in [5.41, 5.74) is 7.89. The Kier molecular flexibility index (Phi) is 51.6. The van der Waals surface area contributed by atoms with Crippen molar-refractivity contribution in [3.63, 3.8) is 0 Å². The molecule has 0 unspecified atom stereocenters. The fraction of sp³-hybridized carbons (Fsp3) is 0.137. The molecule has 0 bridgehead atoms. The Balaban J connectivity index is 0.000000157. The third kappa shape index (κ3) is 46.4. The highest BCUT2D eigenvalue weighted by Crippen LogP contribution is 2.23. The number of rotatable bonds is 22. The Hall–Kier alpha value is -8.70. The number of benzene rings is 19. The monoisotopic (exact) mass is 2960 g/mol. The molecule has 0 N–H and O–H groups in total. The summed E-state index contributed by atoms with van der Waals surface area (Å²) in [7, 11) is 1.70. The lowest BCUT2D eigenvalue weighted by Crippen LogP contribution is -3.61. The molecular formula is C131H126ClFI9O4+9. The third-order valence-electron chi connectivity index (χ3n) is 20.6.